The lowest BCUT2D eigenvalue weighted by Gasteiger charge is -2.27. The number of anilines is 2. The highest BCUT2D eigenvalue weighted by Crippen LogP contribution is 2.46. The third-order valence-corrected chi connectivity index (χ3v) is 6.71. The van der Waals surface area contributed by atoms with Crippen molar-refractivity contribution in [3.63, 3.8) is 0 Å². The van der Waals surface area contributed by atoms with E-state index in [1.165, 1.54) is 26.2 Å². The monoisotopic (exact) mass is 536 g/mol. The first-order chi connectivity index (χ1) is 18.1. The number of methoxy groups -OCH3 is 3. The van der Waals surface area contributed by atoms with E-state index in [4.69, 9.17) is 25.8 Å². The Bertz CT molecular complexity index is 1410. The first-order valence-electron chi connectivity index (χ1n) is 11.8. The summed E-state index contributed by atoms with van der Waals surface area (Å²) in [6.45, 7) is 1.81. The van der Waals surface area contributed by atoms with Crippen molar-refractivity contribution in [1.29, 1.82) is 0 Å². The van der Waals surface area contributed by atoms with Crippen LogP contribution in [0.5, 0.6) is 17.2 Å². The van der Waals surface area contributed by atoms with Crippen molar-refractivity contribution in [2.24, 2.45) is 0 Å². The summed E-state index contributed by atoms with van der Waals surface area (Å²) in [5, 5.41) is 11.9. The zero-order valence-corrected chi connectivity index (χ0v) is 22.8. The van der Waals surface area contributed by atoms with E-state index in [0.717, 1.165) is 11.3 Å². The minimum atomic E-state index is -0.952. The maximum atomic E-state index is 13.6. The standard InChI is InChI=1S/C29H29ClN2O6/c1-16-11-22(28(38-6)23(30)12-16)26(33)24-25(17-7-9-18(10-8-17)31(2)3)32(29(35)27(24)34)19-13-20(36-4)15-21(14-19)37-5/h7-15,25,33H,1-6H3/b26-24+. The van der Waals surface area contributed by atoms with Crippen LogP contribution in [0.25, 0.3) is 5.76 Å². The van der Waals surface area contributed by atoms with E-state index in [1.807, 2.05) is 43.3 Å². The summed E-state index contributed by atoms with van der Waals surface area (Å²) in [5.41, 5.74) is 2.80. The molecule has 1 fully saturated rings. The van der Waals surface area contributed by atoms with Crippen LogP contribution in [0.1, 0.15) is 22.7 Å². The number of ketones is 1. The molecule has 9 heteroatoms. The second-order valence-electron chi connectivity index (χ2n) is 9.05. The number of amides is 1. The van der Waals surface area contributed by atoms with E-state index >= 15 is 0 Å². The Morgan fingerprint density at radius 3 is 2.05 bits per heavy atom. The summed E-state index contributed by atoms with van der Waals surface area (Å²) >= 11 is 6.39. The van der Waals surface area contributed by atoms with Crippen LogP contribution in [-0.2, 0) is 9.59 Å². The largest absolute Gasteiger partial charge is 0.507 e. The topological polar surface area (TPSA) is 88.5 Å². The molecule has 0 saturated carbocycles. The van der Waals surface area contributed by atoms with E-state index in [1.54, 1.807) is 37.3 Å². The predicted molar refractivity (Wildman–Crippen MR) is 148 cm³/mol. The third-order valence-electron chi connectivity index (χ3n) is 6.43. The molecule has 0 radical (unpaired) electrons. The van der Waals surface area contributed by atoms with Crippen molar-refractivity contribution < 1.29 is 28.9 Å². The maximum Gasteiger partial charge on any atom is 0.300 e. The number of carbonyl (C=O) groups is 2. The lowest BCUT2D eigenvalue weighted by Crippen LogP contribution is -2.29. The van der Waals surface area contributed by atoms with Crippen LogP contribution in [0.15, 0.2) is 60.2 Å². The number of aliphatic hydroxyl groups excluding tert-OH is 1. The lowest BCUT2D eigenvalue weighted by molar-refractivity contribution is -0.132. The average Bonchev–Trinajstić information content (AvgIpc) is 3.17. The van der Waals surface area contributed by atoms with Crippen LogP contribution in [0.3, 0.4) is 0 Å². The Balaban J connectivity index is 2.02. The Kier molecular flexibility index (Phi) is 7.55. The number of nitrogens with zero attached hydrogens (tertiary/aromatic N) is 2. The Hall–Kier alpha value is -4.17. The van der Waals surface area contributed by atoms with Gasteiger partial charge in [0, 0.05) is 38.0 Å². The quantitative estimate of drug-likeness (QED) is 0.247. The lowest BCUT2D eigenvalue weighted by atomic mass is 9.94. The van der Waals surface area contributed by atoms with Gasteiger partial charge in [-0.1, -0.05) is 23.7 Å². The molecule has 1 saturated heterocycles. The third kappa shape index (κ3) is 4.75. The number of halogens is 1. The number of rotatable bonds is 7. The molecule has 198 valence electrons. The molecule has 1 heterocycles. The molecule has 1 aliphatic heterocycles. The van der Waals surface area contributed by atoms with E-state index in [9.17, 15) is 14.7 Å². The fourth-order valence-electron chi connectivity index (χ4n) is 4.56. The molecule has 3 aromatic rings. The molecule has 1 amide bonds. The smallest absolute Gasteiger partial charge is 0.300 e. The maximum absolute atomic E-state index is 13.6. The van der Waals surface area contributed by atoms with Gasteiger partial charge >= 0.3 is 0 Å². The van der Waals surface area contributed by atoms with Crippen molar-refractivity contribution in [1.82, 2.24) is 0 Å². The number of hydrogen-bond acceptors (Lipinski definition) is 7. The molecule has 1 aliphatic rings. The van der Waals surface area contributed by atoms with E-state index in [-0.39, 0.29) is 27.7 Å². The normalized spacial score (nSPS) is 16.5. The molecule has 38 heavy (non-hydrogen) atoms. The molecule has 0 aromatic heterocycles. The summed E-state index contributed by atoms with van der Waals surface area (Å²) in [6.07, 6.45) is 0. The predicted octanol–water partition coefficient (Wildman–Crippen LogP) is 5.37. The Labute approximate surface area is 226 Å². The number of aliphatic hydroxyl groups is 1. The molecule has 1 unspecified atom stereocenters. The fourth-order valence-corrected chi connectivity index (χ4v) is 4.91. The number of hydrogen-bond donors (Lipinski definition) is 1. The fraction of sp³-hybridized carbons (Fsp3) is 0.241. The van der Waals surface area contributed by atoms with Gasteiger partial charge in [0.1, 0.15) is 23.0 Å². The van der Waals surface area contributed by atoms with Crippen molar-refractivity contribution in [3.8, 4) is 17.2 Å². The number of carbonyl (C=O) groups excluding carboxylic acids is 2. The van der Waals surface area contributed by atoms with Gasteiger partial charge in [-0.2, -0.15) is 0 Å². The van der Waals surface area contributed by atoms with Crippen LogP contribution in [-0.4, -0.2) is 52.2 Å². The van der Waals surface area contributed by atoms with Gasteiger partial charge in [0.2, 0.25) is 0 Å². The Morgan fingerprint density at radius 1 is 0.921 bits per heavy atom. The van der Waals surface area contributed by atoms with Crippen molar-refractivity contribution in [3.05, 3.63) is 81.9 Å². The van der Waals surface area contributed by atoms with Crippen LogP contribution < -0.4 is 24.0 Å². The number of Topliss-reactive ketones (excluding diaryl/α,β-unsaturated/α-hetero) is 1. The van der Waals surface area contributed by atoms with Gasteiger partial charge in [0.05, 0.1) is 49.2 Å². The van der Waals surface area contributed by atoms with Gasteiger partial charge in [-0.05, 0) is 42.3 Å². The first-order valence-corrected chi connectivity index (χ1v) is 12.1. The molecular weight excluding hydrogens is 508 g/mol. The zero-order valence-electron chi connectivity index (χ0n) is 22.0. The van der Waals surface area contributed by atoms with E-state index in [0.29, 0.717) is 22.7 Å². The minimum Gasteiger partial charge on any atom is -0.507 e. The number of benzene rings is 3. The van der Waals surface area contributed by atoms with Crippen molar-refractivity contribution in [2.45, 2.75) is 13.0 Å². The highest BCUT2D eigenvalue weighted by Gasteiger charge is 2.47. The highest BCUT2D eigenvalue weighted by atomic mass is 35.5. The van der Waals surface area contributed by atoms with Crippen LogP contribution in [0.4, 0.5) is 11.4 Å². The molecule has 1 atom stereocenters. The van der Waals surface area contributed by atoms with Crippen LogP contribution >= 0.6 is 11.6 Å². The van der Waals surface area contributed by atoms with Crippen molar-refractivity contribution >= 4 is 40.4 Å². The summed E-state index contributed by atoms with van der Waals surface area (Å²) < 4.78 is 16.3. The summed E-state index contributed by atoms with van der Waals surface area (Å²) in [7, 11) is 8.25. The molecular formula is C29H29ClN2O6. The van der Waals surface area contributed by atoms with Gasteiger partial charge in [-0.15, -0.1) is 0 Å². The van der Waals surface area contributed by atoms with Gasteiger partial charge in [0.15, 0.2) is 0 Å². The first kappa shape index (κ1) is 26.9. The molecule has 0 bridgehead atoms. The van der Waals surface area contributed by atoms with Gasteiger partial charge in [-0.25, -0.2) is 0 Å². The second-order valence-corrected chi connectivity index (χ2v) is 9.46. The second kappa shape index (κ2) is 10.7. The van der Waals surface area contributed by atoms with Crippen molar-refractivity contribution in [2.75, 3.05) is 45.2 Å². The summed E-state index contributed by atoms with van der Waals surface area (Å²) in [6, 6.07) is 14.8. The summed E-state index contributed by atoms with van der Waals surface area (Å²) in [5.74, 6) is -0.951. The van der Waals surface area contributed by atoms with E-state index < -0.39 is 17.7 Å². The molecule has 0 aliphatic carbocycles. The molecule has 0 spiro atoms. The van der Waals surface area contributed by atoms with Gasteiger partial charge in [-0.3, -0.25) is 14.5 Å². The molecule has 4 rings (SSSR count). The number of ether oxygens (including phenoxy) is 3. The molecule has 3 aromatic carbocycles. The van der Waals surface area contributed by atoms with E-state index in [2.05, 4.69) is 0 Å². The average molecular weight is 537 g/mol. The van der Waals surface area contributed by atoms with Gasteiger partial charge in [0.25, 0.3) is 11.7 Å². The zero-order chi connectivity index (χ0) is 27.7. The van der Waals surface area contributed by atoms with Crippen LogP contribution in [0, 0.1) is 6.92 Å². The minimum absolute atomic E-state index is 0.0886. The molecule has 8 nitrogen and oxygen atoms in total. The van der Waals surface area contributed by atoms with Crippen LogP contribution in [0.2, 0.25) is 5.02 Å². The highest BCUT2D eigenvalue weighted by molar-refractivity contribution is 6.51. The summed E-state index contributed by atoms with van der Waals surface area (Å²) in [4.78, 5) is 30.4. The van der Waals surface area contributed by atoms with Gasteiger partial charge < -0.3 is 24.2 Å². The Morgan fingerprint density at radius 2 is 1.53 bits per heavy atom. The SMILES string of the molecule is COc1cc(OC)cc(N2C(=O)C(=O)/C(=C(/O)c3cc(C)cc(Cl)c3OC)C2c2ccc(N(C)C)cc2)c1. The number of aryl methyl sites for hydroxylation is 1. The molecule has 1 N–H and O–H groups in total.